The summed E-state index contributed by atoms with van der Waals surface area (Å²) in [7, 11) is 0. The molecule has 0 heterocycles. The Labute approximate surface area is 112 Å². The molecular weight excluding hydrogens is 287 g/mol. The zero-order valence-electron chi connectivity index (χ0n) is 9.00. The third-order valence-electron chi connectivity index (χ3n) is 2.49. The summed E-state index contributed by atoms with van der Waals surface area (Å²) >= 11 is 11.5. The Morgan fingerprint density at radius 2 is 1.94 bits per heavy atom. The molecule has 1 fully saturated rings. The van der Waals surface area contributed by atoms with Crippen LogP contribution in [0.25, 0.3) is 0 Å². The third-order valence-corrected chi connectivity index (χ3v) is 3.32. The highest BCUT2D eigenvalue weighted by Gasteiger charge is 2.56. The number of rotatable bonds is 4. The van der Waals surface area contributed by atoms with E-state index in [1.807, 2.05) is 0 Å². The molecule has 0 saturated heterocycles. The fraction of sp³-hybridized carbons (Fsp3) is 0.364. The summed E-state index contributed by atoms with van der Waals surface area (Å²) < 4.78 is 27.0. The smallest absolute Gasteiger partial charge is 0.387 e. The van der Waals surface area contributed by atoms with Crippen molar-refractivity contribution >= 4 is 34.8 Å². The van der Waals surface area contributed by atoms with Crippen molar-refractivity contribution in [1.29, 1.82) is 0 Å². The third kappa shape index (κ3) is 3.23. The Morgan fingerprint density at radius 3 is 2.39 bits per heavy atom. The van der Waals surface area contributed by atoms with Gasteiger partial charge in [0.1, 0.15) is 10.1 Å². The number of carbonyl (C=O) groups is 1. The first-order chi connectivity index (χ1) is 8.38. The number of hydrogen-bond donors (Lipinski definition) is 1. The maximum absolute atomic E-state index is 11.9. The molecule has 7 heteroatoms. The van der Waals surface area contributed by atoms with E-state index in [1.54, 1.807) is 0 Å². The maximum atomic E-state index is 11.9. The number of carbonyl (C=O) groups excluding carboxylic acids is 1. The Bertz CT molecular complexity index is 451. The van der Waals surface area contributed by atoms with Gasteiger partial charge in [0.2, 0.25) is 5.91 Å². The molecule has 1 amide bonds. The fourth-order valence-electron chi connectivity index (χ4n) is 1.45. The van der Waals surface area contributed by atoms with E-state index in [9.17, 15) is 13.6 Å². The van der Waals surface area contributed by atoms with Crippen LogP contribution in [0, 0.1) is 5.92 Å². The molecule has 0 bridgehead atoms. The lowest BCUT2D eigenvalue weighted by Gasteiger charge is -2.07. The number of amides is 1. The Kier molecular flexibility index (Phi) is 3.64. The van der Waals surface area contributed by atoms with Crippen LogP contribution in [0.15, 0.2) is 24.3 Å². The van der Waals surface area contributed by atoms with Crippen LogP contribution in [0.1, 0.15) is 6.42 Å². The first kappa shape index (κ1) is 13.4. The van der Waals surface area contributed by atoms with E-state index in [2.05, 4.69) is 10.1 Å². The summed E-state index contributed by atoms with van der Waals surface area (Å²) in [5.41, 5.74) is 0.470. The van der Waals surface area contributed by atoms with E-state index in [1.165, 1.54) is 24.3 Å². The second-order valence-electron chi connectivity index (χ2n) is 3.91. The Morgan fingerprint density at radius 1 is 1.39 bits per heavy atom. The molecular formula is C11H9Cl2F2NO2. The highest BCUT2D eigenvalue weighted by atomic mass is 35.5. The summed E-state index contributed by atoms with van der Waals surface area (Å²) in [5, 5.41) is 2.59. The fourth-order valence-corrected chi connectivity index (χ4v) is 1.95. The Hall–Kier alpha value is -1.07. The van der Waals surface area contributed by atoms with E-state index >= 15 is 0 Å². The minimum atomic E-state index is -2.87. The summed E-state index contributed by atoms with van der Waals surface area (Å²) in [6, 6.07) is 5.59. The van der Waals surface area contributed by atoms with Gasteiger partial charge in [-0.2, -0.15) is 8.78 Å². The summed E-state index contributed by atoms with van der Waals surface area (Å²) in [6.07, 6.45) is 0.411. The van der Waals surface area contributed by atoms with Crippen LogP contribution >= 0.6 is 23.2 Å². The van der Waals surface area contributed by atoms with Crippen molar-refractivity contribution in [3.8, 4) is 5.75 Å². The van der Waals surface area contributed by atoms with Crippen molar-refractivity contribution in [2.75, 3.05) is 5.32 Å². The van der Waals surface area contributed by atoms with Gasteiger partial charge in [0.05, 0.1) is 5.92 Å². The number of nitrogens with one attached hydrogen (secondary N) is 1. The maximum Gasteiger partial charge on any atom is 0.387 e. The molecule has 3 nitrogen and oxygen atoms in total. The number of benzene rings is 1. The second kappa shape index (κ2) is 4.90. The van der Waals surface area contributed by atoms with E-state index < -0.39 is 16.9 Å². The van der Waals surface area contributed by atoms with Crippen LogP contribution in [0.4, 0.5) is 14.5 Å². The first-order valence-corrected chi connectivity index (χ1v) is 5.87. The molecule has 0 aromatic heterocycles. The number of anilines is 1. The van der Waals surface area contributed by atoms with Crippen LogP contribution in [0.3, 0.4) is 0 Å². The molecule has 0 aliphatic heterocycles. The standard InChI is InChI=1S/C11H9Cl2F2NO2/c12-11(13)5-8(11)9(17)16-6-1-3-7(4-2-6)18-10(14)15/h1-4,8,10H,5H2,(H,16,17)/t8-/m1/s1. The van der Waals surface area contributed by atoms with Gasteiger partial charge in [-0.25, -0.2) is 0 Å². The topological polar surface area (TPSA) is 38.3 Å². The molecule has 0 radical (unpaired) electrons. The van der Waals surface area contributed by atoms with Gasteiger partial charge < -0.3 is 10.1 Å². The first-order valence-electron chi connectivity index (χ1n) is 5.12. The molecule has 1 aromatic rings. The van der Waals surface area contributed by atoms with Crippen LogP contribution in [0.5, 0.6) is 5.75 Å². The Balaban J connectivity index is 1.92. The minimum Gasteiger partial charge on any atom is -0.435 e. The van der Waals surface area contributed by atoms with Crippen LogP contribution in [-0.2, 0) is 4.79 Å². The van der Waals surface area contributed by atoms with Crippen molar-refractivity contribution in [3.63, 3.8) is 0 Å². The average Bonchev–Trinajstić information content (AvgIpc) is 2.90. The highest BCUT2D eigenvalue weighted by Crippen LogP contribution is 2.53. The lowest BCUT2D eigenvalue weighted by Crippen LogP contribution is -2.16. The normalized spacial score (nSPS) is 20.6. The molecule has 0 unspecified atom stereocenters. The van der Waals surface area contributed by atoms with Gasteiger partial charge in [-0.05, 0) is 30.7 Å². The number of ether oxygens (including phenoxy) is 1. The molecule has 1 aliphatic rings. The number of hydrogen-bond acceptors (Lipinski definition) is 2. The van der Waals surface area contributed by atoms with E-state index in [4.69, 9.17) is 23.2 Å². The number of alkyl halides is 4. The SMILES string of the molecule is O=C(Nc1ccc(OC(F)F)cc1)[C@H]1CC1(Cl)Cl. The summed E-state index contributed by atoms with van der Waals surface area (Å²) in [4.78, 5) is 11.6. The van der Waals surface area contributed by atoms with Crippen molar-refractivity contribution in [2.24, 2.45) is 5.92 Å². The van der Waals surface area contributed by atoms with Gasteiger partial charge in [-0.1, -0.05) is 0 Å². The molecule has 0 spiro atoms. The van der Waals surface area contributed by atoms with E-state index in [0.29, 0.717) is 12.1 Å². The molecule has 1 N–H and O–H groups in total. The van der Waals surface area contributed by atoms with Crippen molar-refractivity contribution in [2.45, 2.75) is 17.4 Å². The number of halogens is 4. The van der Waals surface area contributed by atoms with Gasteiger partial charge in [0.25, 0.3) is 0 Å². The van der Waals surface area contributed by atoms with Crippen molar-refractivity contribution in [1.82, 2.24) is 0 Å². The largest absolute Gasteiger partial charge is 0.435 e. The molecule has 1 atom stereocenters. The quantitative estimate of drug-likeness (QED) is 0.865. The summed E-state index contributed by atoms with van der Waals surface area (Å²) in [6.45, 7) is -2.87. The van der Waals surface area contributed by atoms with E-state index in [0.717, 1.165) is 0 Å². The van der Waals surface area contributed by atoms with Crippen LogP contribution < -0.4 is 10.1 Å². The van der Waals surface area contributed by atoms with Gasteiger partial charge in [-0.15, -0.1) is 23.2 Å². The molecule has 98 valence electrons. The second-order valence-corrected chi connectivity index (χ2v) is 5.45. The van der Waals surface area contributed by atoms with Crippen LogP contribution in [0.2, 0.25) is 0 Å². The zero-order valence-corrected chi connectivity index (χ0v) is 10.5. The predicted molar refractivity (Wildman–Crippen MR) is 64.2 cm³/mol. The van der Waals surface area contributed by atoms with Crippen molar-refractivity contribution < 1.29 is 18.3 Å². The molecule has 1 aromatic carbocycles. The summed E-state index contributed by atoms with van der Waals surface area (Å²) in [5.74, 6) is -0.696. The molecule has 1 saturated carbocycles. The van der Waals surface area contributed by atoms with Gasteiger partial charge in [-0.3, -0.25) is 4.79 Å². The van der Waals surface area contributed by atoms with E-state index in [-0.39, 0.29) is 11.7 Å². The molecule has 18 heavy (non-hydrogen) atoms. The van der Waals surface area contributed by atoms with Crippen molar-refractivity contribution in [3.05, 3.63) is 24.3 Å². The zero-order chi connectivity index (χ0) is 13.3. The van der Waals surface area contributed by atoms with Gasteiger partial charge >= 0.3 is 6.61 Å². The molecule has 1 aliphatic carbocycles. The lowest BCUT2D eigenvalue weighted by atomic mass is 10.3. The average molecular weight is 296 g/mol. The van der Waals surface area contributed by atoms with Gasteiger partial charge in [0.15, 0.2) is 0 Å². The molecule has 2 rings (SSSR count). The predicted octanol–water partition coefficient (Wildman–Crippen LogP) is 3.42. The van der Waals surface area contributed by atoms with Crippen LogP contribution in [-0.4, -0.2) is 16.9 Å². The minimum absolute atomic E-state index is 0.0263. The highest BCUT2D eigenvalue weighted by molar-refractivity contribution is 6.52. The van der Waals surface area contributed by atoms with Gasteiger partial charge in [0, 0.05) is 5.69 Å². The monoisotopic (exact) mass is 295 g/mol. The lowest BCUT2D eigenvalue weighted by molar-refractivity contribution is -0.117.